The number of thiazole rings is 1. The Hall–Kier alpha value is -3.85. The van der Waals surface area contributed by atoms with Crippen molar-refractivity contribution in [1.82, 2.24) is 4.57 Å². The summed E-state index contributed by atoms with van der Waals surface area (Å²) in [7, 11) is 0. The molecule has 34 heavy (non-hydrogen) atoms. The number of carbonyl (C=O) groups excluding carboxylic acids is 2. The van der Waals surface area contributed by atoms with Crippen LogP contribution in [-0.2, 0) is 14.3 Å². The third-order valence-electron chi connectivity index (χ3n) is 5.14. The zero-order valence-corrected chi connectivity index (χ0v) is 19.5. The van der Waals surface area contributed by atoms with Crippen LogP contribution in [0.25, 0.3) is 6.08 Å². The Morgan fingerprint density at radius 3 is 2.44 bits per heavy atom. The molecule has 1 unspecified atom stereocenters. The number of allylic oxidation sites excluding steroid dienone is 1. The highest BCUT2D eigenvalue weighted by Gasteiger charge is 2.33. The van der Waals surface area contributed by atoms with Crippen LogP contribution in [0.5, 0.6) is 5.75 Å². The van der Waals surface area contributed by atoms with Gasteiger partial charge in [-0.05, 0) is 55.3 Å². The van der Waals surface area contributed by atoms with E-state index in [9.17, 15) is 18.8 Å². The molecule has 3 aromatic rings. The van der Waals surface area contributed by atoms with Gasteiger partial charge < -0.3 is 9.47 Å². The monoisotopic (exact) mass is 480 g/mol. The first-order chi connectivity index (χ1) is 16.3. The van der Waals surface area contributed by atoms with E-state index >= 15 is 0 Å². The van der Waals surface area contributed by atoms with Crippen molar-refractivity contribution in [3.8, 4) is 5.75 Å². The normalized spacial score (nSPS) is 15.5. The Morgan fingerprint density at radius 1 is 1.15 bits per heavy atom. The molecule has 1 aliphatic rings. The Kier molecular flexibility index (Phi) is 6.56. The van der Waals surface area contributed by atoms with Gasteiger partial charge in [-0.2, -0.15) is 0 Å². The van der Waals surface area contributed by atoms with Gasteiger partial charge in [-0.15, -0.1) is 0 Å². The molecule has 0 fully saturated rings. The standard InChI is InChI=1S/C25H21FN2O5S/c1-4-32-24(31)21-14(2)27-25-28(22(21)17-7-11-19(12-8-17)33-15(3)29)23(30)20(34-25)13-16-5-9-18(26)10-6-16/h5-13,22H,4H2,1-3H3/b20-13+. The van der Waals surface area contributed by atoms with Gasteiger partial charge in [0, 0.05) is 6.92 Å². The summed E-state index contributed by atoms with van der Waals surface area (Å²) in [5, 5.41) is 0. The van der Waals surface area contributed by atoms with E-state index in [1.54, 1.807) is 56.3 Å². The second kappa shape index (κ2) is 9.56. The molecule has 1 aromatic heterocycles. The number of esters is 2. The molecular formula is C25H21FN2O5S. The van der Waals surface area contributed by atoms with Crippen molar-refractivity contribution in [1.29, 1.82) is 0 Å². The summed E-state index contributed by atoms with van der Waals surface area (Å²) in [6, 6.07) is 11.6. The fourth-order valence-corrected chi connectivity index (χ4v) is 4.75. The van der Waals surface area contributed by atoms with Gasteiger partial charge in [0.1, 0.15) is 11.6 Å². The Labute approximate surface area is 198 Å². The molecule has 0 spiro atoms. The third-order valence-corrected chi connectivity index (χ3v) is 6.13. The van der Waals surface area contributed by atoms with Gasteiger partial charge in [-0.25, -0.2) is 14.2 Å². The topological polar surface area (TPSA) is 87.0 Å². The summed E-state index contributed by atoms with van der Waals surface area (Å²) in [6.07, 6.45) is 1.66. The van der Waals surface area contributed by atoms with Crippen LogP contribution < -0.4 is 19.6 Å². The van der Waals surface area contributed by atoms with Crippen molar-refractivity contribution < 1.29 is 23.5 Å². The minimum Gasteiger partial charge on any atom is -0.463 e. The molecule has 2 aromatic carbocycles. The first-order valence-corrected chi connectivity index (χ1v) is 11.3. The van der Waals surface area contributed by atoms with Crippen LogP contribution in [0.4, 0.5) is 4.39 Å². The van der Waals surface area contributed by atoms with Gasteiger partial charge in [-0.3, -0.25) is 14.2 Å². The van der Waals surface area contributed by atoms with Crippen LogP contribution in [0.1, 0.15) is 37.9 Å². The number of hydrogen-bond donors (Lipinski definition) is 0. The van der Waals surface area contributed by atoms with Gasteiger partial charge in [0.15, 0.2) is 4.80 Å². The van der Waals surface area contributed by atoms with Crippen LogP contribution in [0, 0.1) is 5.82 Å². The number of benzene rings is 2. The fourth-order valence-electron chi connectivity index (χ4n) is 3.70. The Bertz CT molecular complexity index is 1470. The molecule has 0 N–H and O–H groups in total. The molecule has 174 valence electrons. The van der Waals surface area contributed by atoms with E-state index in [4.69, 9.17) is 9.47 Å². The molecule has 1 aliphatic heterocycles. The summed E-state index contributed by atoms with van der Waals surface area (Å²) in [6.45, 7) is 4.87. The number of ether oxygens (including phenoxy) is 2. The molecule has 0 saturated carbocycles. The summed E-state index contributed by atoms with van der Waals surface area (Å²) >= 11 is 1.18. The van der Waals surface area contributed by atoms with Crippen LogP contribution in [0.2, 0.25) is 0 Å². The number of rotatable bonds is 5. The van der Waals surface area contributed by atoms with Gasteiger partial charge >= 0.3 is 11.9 Å². The van der Waals surface area contributed by atoms with E-state index in [0.717, 1.165) is 0 Å². The van der Waals surface area contributed by atoms with Crippen LogP contribution in [-0.4, -0.2) is 23.1 Å². The van der Waals surface area contributed by atoms with Gasteiger partial charge in [0.2, 0.25) is 0 Å². The highest BCUT2D eigenvalue weighted by molar-refractivity contribution is 7.07. The summed E-state index contributed by atoms with van der Waals surface area (Å²) in [4.78, 5) is 42.6. The number of aromatic nitrogens is 1. The van der Waals surface area contributed by atoms with Crippen molar-refractivity contribution in [2.45, 2.75) is 26.8 Å². The molecule has 9 heteroatoms. The predicted octanol–water partition coefficient (Wildman–Crippen LogP) is 2.86. The maximum atomic E-state index is 13.5. The lowest BCUT2D eigenvalue weighted by Gasteiger charge is -2.24. The highest BCUT2D eigenvalue weighted by Crippen LogP contribution is 2.31. The Morgan fingerprint density at radius 2 is 1.82 bits per heavy atom. The fraction of sp³-hybridized carbons (Fsp3) is 0.200. The van der Waals surface area contributed by atoms with Crippen molar-refractivity contribution in [2.24, 2.45) is 4.99 Å². The molecule has 4 rings (SSSR count). The Balaban J connectivity index is 1.89. The van der Waals surface area contributed by atoms with E-state index in [-0.39, 0.29) is 23.6 Å². The smallest absolute Gasteiger partial charge is 0.338 e. The lowest BCUT2D eigenvalue weighted by Crippen LogP contribution is -2.39. The number of carbonyl (C=O) groups is 2. The summed E-state index contributed by atoms with van der Waals surface area (Å²) in [5.41, 5.74) is 1.65. The lowest BCUT2D eigenvalue weighted by atomic mass is 9.96. The molecule has 0 bridgehead atoms. The van der Waals surface area contributed by atoms with E-state index in [0.29, 0.717) is 31.9 Å². The average molecular weight is 481 g/mol. The third kappa shape index (κ3) is 4.60. The van der Waals surface area contributed by atoms with Crippen LogP contribution in [0.3, 0.4) is 0 Å². The van der Waals surface area contributed by atoms with Crippen molar-refractivity contribution in [3.63, 3.8) is 0 Å². The minimum atomic E-state index is -0.781. The van der Waals surface area contributed by atoms with E-state index in [2.05, 4.69) is 4.99 Å². The van der Waals surface area contributed by atoms with Crippen LogP contribution in [0.15, 0.2) is 69.6 Å². The predicted molar refractivity (Wildman–Crippen MR) is 125 cm³/mol. The average Bonchev–Trinajstić information content (AvgIpc) is 3.09. The van der Waals surface area contributed by atoms with E-state index < -0.39 is 18.0 Å². The van der Waals surface area contributed by atoms with Gasteiger partial charge in [0.05, 0.1) is 28.5 Å². The second-order valence-electron chi connectivity index (χ2n) is 7.52. The molecule has 0 saturated heterocycles. The minimum absolute atomic E-state index is 0.169. The molecule has 0 radical (unpaired) electrons. The first kappa shape index (κ1) is 23.3. The molecule has 0 aliphatic carbocycles. The molecule has 0 amide bonds. The molecule has 1 atom stereocenters. The lowest BCUT2D eigenvalue weighted by molar-refractivity contribution is -0.139. The number of fused-ring (bicyclic) bond motifs is 1. The van der Waals surface area contributed by atoms with E-state index in [1.165, 1.54) is 35.0 Å². The van der Waals surface area contributed by atoms with Crippen molar-refractivity contribution in [2.75, 3.05) is 6.61 Å². The summed E-state index contributed by atoms with van der Waals surface area (Å²) < 4.78 is 25.5. The van der Waals surface area contributed by atoms with Crippen molar-refractivity contribution in [3.05, 3.63) is 96.4 Å². The zero-order valence-electron chi connectivity index (χ0n) is 18.7. The largest absolute Gasteiger partial charge is 0.463 e. The number of nitrogens with zero attached hydrogens (tertiary/aromatic N) is 2. The quantitative estimate of drug-likeness (QED) is 0.414. The maximum Gasteiger partial charge on any atom is 0.338 e. The van der Waals surface area contributed by atoms with Gasteiger partial charge in [0.25, 0.3) is 5.56 Å². The van der Waals surface area contributed by atoms with Crippen molar-refractivity contribution >= 4 is 29.4 Å². The molecule has 7 nitrogen and oxygen atoms in total. The first-order valence-electron chi connectivity index (χ1n) is 10.5. The van der Waals surface area contributed by atoms with E-state index in [1.807, 2.05) is 0 Å². The SMILES string of the molecule is CCOC(=O)C1=C(C)N=c2s/c(=C/c3ccc(F)cc3)c(=O)n2C1c1ccc(OC(C)=O)cc1. The zero-order chi connectivity index (χ0) is 24.4. The number of halogens is 1. The number of hydrogen-bond acceptors (Lipinski definition) is 7. The van der Waals surface area contributed by atoms with Crippen LogP contribution >= 0.6 is 11.3 Å². The molecule has 2 heterocycles. The molecular weight excluding hydrogens is 459 g/mol. The summed E-state index contributed by atoms with van der Waals surface area (Å²) in [5.74, 6) is -1.04. The highest BCUT2D eigenvalue weighted by atomic mass is 32.1. The second-order valence-corrected chi connectivity index (χ2v) is 8.53. The van der Waals surface area contributed by atoms with Gasteiger partial charge in [-0.1, -0.05) is 35.6 Å². The maximum absolute atomic E-state index is 13.5.